The molecule has 4 heteroatoms. The van der Waals surface area contributed by atoms with Crippen molar-refractivity contribution in [3.8, 4) is 0 Å². The van der Waals surface area contributed by atoms with E-state index in [2.05, 4.69) is 15.9 Å². The van der Waals surface area contributed by atoms with Crippen LogP contribution in [0, 0.1) is 6.92 Å². The van der Waals surface area contributed by atoms with Gasteiger partial charge < -0.3 is 10.6 Å². The summed E-state index contributed by atoms with van der Waals surface area (Å²) in [6.45, 7) is 4.82. The van der Waals surface area contributed by atoms with Crippen LogP contribution in [0.1, 0.15) is 42.1 Å². The maximum absolute atomic E-state index is 12.6. The molecule has 0 saturated carbocycles. The Morgan fingerprint density at radius 1 is 1.47 bits per heavy atom. The maximum Gasteiger partial charge on any atom is 0.254 e. The van der Waals surface area contributed by atoms with Gasteiger partial charge in [-0.3, -0.25) is 4.79 Å². The molecule has 0 radical (unpaired) electrons. The largest absolute Gasteiger partial charge is 0.334 e. The molecule has 1 fully saturated rings. The predicted molar refractivity (Wildman–Crippen MR) is 81.2 cm³/mol. The van der Waals surface area contributed by atoms with Crippen LogP contribution in [0.2, 0.25) is 0 Å². The Bertz CT molecular complexity index is 473. The zero-order valence-electron chi connectivity index (χ0n) is 11.5. The number of nitrogens with two attached hydrogens (primary N) is 1. The summed E-state index contributed by atoms with van der Waals surface area (Å²) in [4.78, 5) is 14.6. The second-order valence-corrected chi connectivity index (χ2v) is 6.24. The SMILES string of the molecule is Cc1ccc(C(=O)N2CCCCC2C(C)N)cc1Br. The van der Waals surface area contributed by atoms with Crippen molar-refractivity contribution in [2.24, 2.45) is 5.73 Å². The number of likely N-dealkylation sites (tertiary alicyclic amines) is 1. The van der Waals surface area contributed by atoms with Gasteiger partial charge in [0.05, 0.1) is 0 Å². The first-order chi connectivity index (χ1) is 9.00. The topological polar surface area (TPSA) is 46.3 Å². The van der Waals surface area contributed by atoms with Crippen LogP contribution in [0.25, 0.3) is 0 Å². The first-order valence-corrected chi connectivity index (χ1v) is 7.62. The Kier molecular flexibility index (Phi) is 4.63. The van der Waals surface area contributed by atoms with Crippen molar-refractivity contribution in [1.82, 2.24) is 4.90 Å². The molecule has 1 aromatic rings. The van der Waals surface area contributed by atoms with Crippen LogP contribution in [-0.2, 0) is 0 Å². The number of nitrogens with zero attached hydrogens (tertiary/aromatic N) is 1. The summed E-state index contributed by atoms with van der Waals surface area (Å²) < 4.78 is 0.979. The number of rotatable bonds is 2. The third kappa shape index (κ3) is 3.18. The fourth-order valence-corrected chi connectivity index (χ4v) is 3.03. The Morgan fingerprint density at radius 2 is 2.21 bits per heavy atom. The highest BCUT2D eigenvalue weighted by Crippen LogP contribution is 2.24. The molecule has 0 aromatic heterocycles. The number of aryl methyl sites for hydroxylation is 1. The third-order valence-corrected chi connectivity index (χ3v) is 4.69. The molecule has 1 saturated heterocycles. The zero-order chi connectivity index (χ0) is 14.0. The predicted octanol–water partition coefficient (Wildman–Crippen LogP) is 3.10. The molecule has 3 nitrogen and oxygen atoms in total. The van der Waals surface area contributed by atoms with E-state index in [4.69, 9.17) is 5.73 Å². The van der Waals surface area contributed by atoms with Gasteiger partial charge in [0.2, 0.25) is 0 Å². The average molecular weight is 325 g/mol. The Balaban J connectivity index is 2.23. The molecule has 0 aliphatic carbocycles. The van der Waals surface area contributed by atoms with Gasteiger partial charge in [0.15, 0.2) is 0 Å². The summed E-state index contributed by atoms with van der Waals surface area (Å²) in [7, 11) is 0. The van der Waals surface area contributed by atoms with E-state index >= 15 is 0 Å². The molecule has 19 heavy (non-hydrogen) atoms. The lowest BCUT2D eigenvalue weighted by Gasteiger charge is -2.38. The fourth-order valence-electron chi connectivity index (χ4n) is 2.65. The van der Waals surface area contributed by atoms with E-state index in [0.717, 1.165) is 41.4 Å². The lowest BCUT2D eigenvalue weighted by atomic mass is 9.96. The molecule has 0 spiro atoms. The normalized spacial score (nSPS) is 21.3. The van der Waals surface area contributed by atoms with Crippen LogP contribution in [0.4, 0.5) is 0 Å². The first-order valence-electron chi connectivity index (χ1n) is 6.83. The van der Waals surface area contributed by atoms with Crippen molar-refractivity contribution in [2.75, 3.05) is 6.54 Å². The Labute approximate surface area is 123 Å². The lowest BCUT2D eigenvalue weighted by Crippen LogP contribution is -2.51. The van der Waals surface area contributed by atoms with Crippen LogP contribution < -0.4 is 5.73 Å². The van der Waals surface area contributed by atoms with Gasteiger partial charge in [-0.15, -0.1) is 0 Å². The van der Waals surface area contributed by atoms with Gasteiger partial charge in [0, 0.05) is 28.7 Å². The summed E-state index contributed by atoms with van der Waals surface area (Å²) in [5.74, 6) is 0.0997. The number of piperidine rings is 1. The summed E-state index contributed by atoms with van der Waals surface area (Å²) >= 11 is 3.49. The van der Waals surface area contributed by atoms with E-state index in [1.54, 1.807) is 0 Å². The number of hydrogen-bond donors (Lipinski definition) is 1. The number of hydrogen-bond acceptors (Lipinski definition) is 2. The van der Waals surface area contributed by atoms with Crippen LogP contribution in [0.15, 0.2) is 22.7 Å². The molecular formula is C15H21BrN2O. The molecule has 2 N–H and O–H groups in total. The quantitative estimate of drug-likeness (QED) is 0.908. The Hall–Kier alpha value is -0.870. The van der Waals surface area contributed by atoms with E-state index in [0.29, 0.717) is 0 Å². The summed E-state index contributed by atoms with van der Waals surface area (Å²) in [5, 5.41) is 0. The number of amides is 1. The fraction of sp³-hybridized carbons (Fsp3) is 0.533. The second kappa shape index (κ2) is 6.06. The molecule has 104 valence electrons. The van der Waals surface area contributed by atoms with Crippen LogP contribution in [0.3, 0.4) is 0 Å². The highest BCUT2D eigenvalue weighted by atomic mass is 79.9. The minimum Gasteiger partial charge on any atom is -0.334 e. The number of halogens is 1. The molecular weight excluding hydrogens is 304 g/mol. The van der Waals surface area contributed by atoms with E-state index in [1.165, 1.54) is 0 Å². The molecule has 1 aliphatic heterocycles. The van der Waals surface area contributed by atoms with Gasteiger partial charge in [-0.25, -0.2) is 0 Å². The third-order valence-electron chi connectivity index (χ3n) is 3.84. The van der Waals surface area contributed by atoms with Crippen LogP contribution >= 0.6 is 15.9 Å². The molecule has 2 unspecified atom stereocenters. The smallest absolute Gasteiger partial charge is 0.254 e. The molecule has 1 aliphatic rings. The van der Waals surface area contributed by atoms with Crippen molar-refractivity contribution in [2.45, 2.75) is 45.2 Å². The molecule has 0 bridgehead atoms. The minimum absolute atomic E-state index is 0.0261. The number of carbonyl (C=O) groups excluding carboxylic acids is 1. The van der Waals surface area contributed by atoms with E-state index < -0.39 is 0 Å². The van der Waals surface area contributed by atoms with E-state index in [1.807, 2.05) is 36.9 Å². The highest BCUT2D eigenvalue weighted by Gasteiger charge is 2.29. The molecule has 1 amide bonds. The average Bonchev–Trinajstić information content (AvgIpc) is 2.41. The van der Waals surface area contributed by atoms with Gasteiger partial charge in [-0.2, -0.15) is 0 Å². The van der Waals surface area contributed by atoms with Crippen molar-refractivity contribution in [1.29, 1.82) is 0 Å². The first kappa shape index (κ1) is 14.5. The maximum atomic E-state index is 12.6. The summed E-state index contributed by atoms with van der Waals surface area (Å²) in [6.07, 6.45) is 3.24. The van der Waals surface area contributed by atoms with Crippen molar-refractivity contribution in [3.63, 3.8) is 0 Å². The number of benzene rings is 1. The van der Waals surface area contributed by atoms with Gasteiger partial charge in [-0.05, 0) is 50.8 Å². The zero-order valence-corrected chi connectivity index (χ0v) is 13.1. The summed E-state index contributed by atoms with van der Waals surface area (Å²) in [5.41, 5.74) is 7.90. The van der Waals surface area contributed by atoms with Crippen LogP contribution in [-0.4, -0.2) is 29.4 Å². The van der Waals surface area contributed by atoms with E-state index in [-0.39, 0.29) is 18.0 Å². The minimum atomic E-state index is 0.0261. The van der Waals surface area contributed by atoms with Crippen molar-refractivity contribution >= 4 is 21.8 Å². The second-order valence-electron chi connectivity index (χ2n) is 5.38. The van der Waals surface area contributed by atoms with Gasteiger partial charge in [0.25, 0.3) is 5.91 Å². The summed E-state index contributed by atoms with van der Waals surface area (Å²) in [6, 6.07) is 5.97. The van der Waals surface area contributed by atoms with Crippen molar-refractivity contribution in [3.05, 3.63) is 33.8 Å². The van der Waals surface area contributed by atoms with E-state index in [9.17, 15) is 4.79 Å². The Morgan fingerprint density at radius 3 is 2.84 bits per heavy atom. The van der Waals surface area contributed by atoms with Crippen LogP contribution in [0.5, 0.6) is 0 Å². The molecule has 1 heterocycles. The molecule has 2 rings (SSSR count). The van der Waals surface area contributed by atoms with Gasteiger partial charge in [0.1, 0.15) is 0 Å². The molecule has 1 aromatic carbocycles. The highest BCUT2D eigenvalue weighted by molar-refractivity contribution is 9.10. The monoisotopic (exact) mass is 324 g/mol. The van der Waals surface area contributed by atoms with Gasteiger partial charge >= 0.3 is 0 Å². The number of carbonyl (C=O) groups is 1. The molecule has 2 atom stereocenters. The standard InChI is InChI=1S/C15H21BrN2O/c1-10-6-7-12(9-13(10)16)15(19)18-8-4-3-5-14(18)11(2)17/h6-7,9,11,14H,3-5,8,17H2,1-2H3. The van der Waals surface area contributed by atoms with Gasteiger partial charge in [-0.1, -0.05) is 22.0 Å². The van der Waals surface area contributed by atoms with Crippen molar-refractivity contribution < 1.29 is 4.79 Å². The lowest BCUT2D eigenvalue weighted by molar-refractivity contribution is 0.0584.